The predicted octanol–water partition coefficient (Wildman–Crippen LogP) is 6.51. The van der Waals surface area contributed by atoms with Crippen LogP contribution in [0.15, 0.2) is 152 Å². The van der Waals surface area contributed by atoms with Crippen LogP contribution in [-0.2, 0) is 71.2 Å². The van der Waals surface area contributed by atoms with Crippen molar-refractivity contribution in [2.75, 3.05) is 44.1 Å². The van der Waals surface area contributed by atoms with Gasteiger partial charge < -0.3 is 61.6 Å². The lowest BCUT2D eigenvalue weighted by atomic mass is 10.1. The Hall–Kier alpha value is -6.98. The summed E-state index contributed by atoms with van der Waals surface area (Å²) in [6.07, 6.45) is -18.5. The summed E-state index contributed by atoms with van der Waals surface area (Å²) < 4.78 is 78.9. The maximum absolute atomic E-state index is 14.0. The molecular formula is C56H51Cl3O20. The van der Waals surface area contributed by atoms with Crippen molar-refractivity contribution in [1.29, 1.82) is 0 Å². The van der Waals surface area contributed by atoms with E-state index in [1.165, 1.54) is 60.7 Å². The summed E-state index contributed by atoms with van der Waals surface area (Å²) in [7, 11) is 0. The van der Waals surface area contributed by atoms with Gasteiger partial charge in [-0.2, -0.15) is 0 Å². The molecule has 5 aromatic carbocycles. The van der Waals surface area contributed by atoms with Crippen molar-refractivity contribution in [3.05, 3.63) is 179 Å². The van der Waals surface area contributed by atoms with Crippen molar-refractivity contribution in [2.24, 2.45) is 0 Å². The molecule has 0 unspecified atom stereocenters. The minimum atomic E-state index is -1.77. The lowest BCUT2D eigenvalue weighted by Crippen LogP contribution is -2.48. The van der Waals surface area contributed by atoms with Crippen LogP contribution < -0.4 is 0 Å². The van der Waals surface area contributed by atoms with Gasteiger partial charge in [-0.15, -0.1) is 34.8 Å². The van der Waals surface area contributed by atoms with Crippen molar-refractivity contribution in [3.8, 4) is 0 Å². The summed E-state index contributed by atoms with van der Waals surface area (Å²) in [5.41, 5.74) is 0.695. The lowest BCUT2D eigenvalue weighted by Gasteiger charge is -2.30. The molecule has 3 saturated heterocycles. The highest BCUT2D eigenvalue weighted by Gasteiger charge is 2.58. The summed E-state index contributed by atoms with van der Waals surface area (Å²) in [5.74, 6) is -7.54. The first kappa shape index (κ1) is 58.2. The van der Waals surface area contributed by atoms with E-state index in [9.17, 15) is 33.6 Å². The molecule has 5 aromatic rings. The molecule has 3 fully saturated rings. The van der Waals surface area contributed by atoms with Gasteiger partial charge in [-0.3, -0.25) is 9.59 Å². The van der Waals surface area contributed by atoms with Crippen molar-refractivity contribution in [3.63, 3.8) is 0 Å². The van der Waals surface area contributed by atoms with E-state index in [-0.39, 0.29) is 40.3 Å². The molecule has 0 N–H and O–H groups in total. The third-order valence-corrected chi connectivity index (χ3v) is 12.8. The van der Waals surface area contributed by atoms with Gasteiger partial charge in [0, 0.05) is 5.88 Å². The van der Waals surface area contributed by atoms with E-state index in [4.69, 9.17) is 96.4 Å². The van der Waals surface area contributed by atoms with Crippen LogP contribution >= 0.6 is 34.8 Å². The number of rotatable bonds is 24. The first-order valence-corrected chi connectivity index (χ1v) is 26.2. The fraction of sp³-hybridized carbons (Fsp3) is 0.339. The standard InChI is InChI=1S/C56H51Cl3O20/c57-26-27-67-54-47(78-53(66)37-24-14-5-15-25-37)45(79-56-48(75-42(61)29-59)44(77-52(65)36-22-12-4-13-23-36)39(73-56)31-69-50(63)34-18-8-2-9-19-34)40(71-54)32-70-55-46(74-41(60)28-58)43(76-51(64)35-20-10-3-11-21-35)38(72-55)30-68-49(62)33-16-6-1-7-17-33/h1-25,38-40,43-48,54-56H,26-32H2/t38-,39-,40-,43-,44-,45-,46+,47+,48+,54+,55+,56-/m1/s1. The summed E-state index contributed by atoms with van der Waals surface area (Å²) >= 11 is 18.0. The average molecular weight is 1150 g/mol. The molecular weight excluding hydrogens is 1100 g/mol. The average Bonchev–Trinajstić information content (AvgIpc) is 4.17. The van der Waals surface area contributed by atoms with Crippen LogP contribution in [0.3, 0.4) is 0 Å². The summed E-state index contributed by atoms with van der Waals surface area (Å²) in [6, 6.07) is 39.6. The van der Waals surface area contributed by atoms with Gasteiger partial charge >= 0.3 is 41.8 Å². The number of benzene rings is 5. The van der Waals surface area contributed by atoms with Crippen LogP contribution in [-0.4, -0.2) is 160 Å². The number of carbonyl (C=O) groups excluding carboxylic acids is 7. The number of ether oxygens (including phenoxy) is 13. The Morgan fingerprint density at radius 3 is 1.05 bits per heavy atom. The second-order valence-corrected chi connectivity index (χ2v) is 18.3. The van der Waals surface area contributed by atoms with Gasteiger partial charge in [0.05, 0.1) is 41.0 Å². The van der Waals surface area contributed by atoms with Crippen LogP contribution in [0.2, 0.25) is 0 Å². The van der Waals surface area contributed by atoms with E-state index in [0.29, 0.717) is 0 Å². The van der Waals surface area contributed by atoms with Gasteiger partial charge in [-0.25, -0.2) is 24.0 Å². The Morgan fingerprint density at radius 1 is 0.354 bits per heavy atom. The zero-order valence-corrected chi connectivity index (χ0v) is 43.9. The highest BCUT2D eigenvalue weighted by molar-refractivity contribution is 6.26. The molecule has 0 bridgehead atoms. The van der Waals surface area contributed by atoms with E-state index in [0.717, 1.165) is 0 Å². The first-order chi connectivity index (χ1) is 38.4. The van der Waals surface area contributed by atoms with E-state index >= 15 is 0 Å². The van der Waals surface area contributed by atoms with Gasteiger partial charge in [-0.05, 0) is 60.7 Å². The molecule has 79 heavy (non-hydrogen) atoms. The maximum Gasteiger partial charge on any atom is 0.338 e. The van der Waals surface area contributed by atoms with Crippen LogP contribution in [0.5, 0.6) is 0 Å². The second-order valence-electron chi connectivity index (χ2n) is 17.4. The van der Waals surface area contributed by atoms with Gasteiger partial charge in [0.1, 0.15) is 49.4 Å². The number of esters is 7. The molecule has 20 nitrogen and oxygen atoms in total. The molecule has 0 aromatic heterocycles. The number of hydrogen-bond acceptors (Lipinski definition) is 20. The molecule has 0 saturated carbocycles. The Morgan fingerprint density at radius 2 is 0.671 bits per heavy atom. The first-order valence-electron chi connectivity index (χ1n) is 24.6. The number of hydrogen-bond donors (Lipinski definition) is 0. The van der Waals surface area contributed by atoms with E-state index in [1.54, 1.807) is 91.0 Å². The lowest BCUT2D eigenvalue weighted by molar-refractivity contribution is -0.232. The highest BCUT2D eigenvalue weighted by Crippen LogP contribution is 2.37. The number of alkyl halides is 3. The zero-order valence-electron chi connectivity index (χ0n) is 41.6. The van der Waals surface area contributed by atoms with Crippen molar-refractivity contribution in [1.82, 2.24) is 0 Å². The second kappa shape index (κ2) is 28.8. The SMILES string of the molecule is O=C(CCl)O[C@@H]1[C@@H](OC[C@H]2O[C@H](OCCCl)[C@@H](OC(=O)c3ccccc3)[C@@H]2O[C@H]2O[C@H](COC(=O)c3ccccc3)[C@@H](OC(=O)c3ccccc3)[C@@H]2OC(=O)CCl)O[C@H](COC(=O)c2ccccc2)[C@H]1OC(=O)c1ccccc1. The highest BCUT2D eigenvalue weighted by atomic mass is 35.5. The molecule has 416 valence electrons. The van der Waals surface area contributed by atoms with Gasteiger partial charge in [-0.1, -0.05) is 91.0 Å². The van der Waals surface area contributed by atoms with Gasteiger partial charge in [0.15, 0.2) is 49.4 Å². The predicted molar refractivity (Wildman–Crippen MR) is 275 cm³/mol. The molecule has 3 heterocycles. The third-order valence-electron chi connectivity index (χ3n) is 12.2. The normalized spacial score (nSPS) is 25.1. The maximum atomic E-state index is 14.0. The summed E-state index contributed by atoms with van der Waals surface area (Å²) in [6.45, 7) is -1.92. The minimum Gasteiger partial charge on any atom is -0.459 e. The quantitative estimate of drug-likeness (QED) is 0.0363. The monoisotopic (exact) mass is 1150 g/mol. The topological polar surface area (TPSA) is 239 Å². The molecule has 0 aliphatic carbocycles. The van der Waals surface area contributed by atoms with Crippen molar-refractivity contribution >= 4 is 76.6 Å². The molecule has 0 amide bonds. The van der Waals surface area contributed by atoms with E-state index in [2.05, 4.69) is 0 Å². The van der Waals surface area contributed by atoms with Gasteiger partial charge in [0.2, 0.25) is 0 Å². The van der Waals surface area contributed by atoms with Crippen molar-refractivity contribution in [2.45, 2.75) is 73.8 Å². The number of carbonyl (C=O) groups is 7. The minimum absolute atomic E-state index is 0.0607. The molecule has 8 rings (SSSR count). The fourth-order valence-electron chi connectivity index (χ4n) is 8.48. The van der Waals surface area contributed by atoms with Crippen LogP contribution in [0, 0.1) is 0 Å². The van der Waals surface area contributed by atoms with Crippen LogP contribution in [0.4, 0.5) is 0 Å². The smallest absolute Gasteiger partial charge is 0.338 e. The fourth-order valence-corrected chi connectivity index (χ4v) is 8.69. The molecule has 3 aliphatic rings. The Kier molecular flexibility index (Phi) is 21.2. The third kappa shape index (κ3) is 15.4. The molecule has 0 radical (unpaired) electrons. The van der Waals surface area contributed by atoms with Crippen LogP contribution in [0.1, 0.15) is 51.8 Å². The molecule has 3 aliphatic heterocycles. The summed E-state index contributed by atoms with van der Waals surface area (Å²) in [5, 5.41) is 0. The Balaban J connectivity index is 1.13. The largest absolute Gasteiger partial charge is 0.459 e. The van der Waals surface area contributed by atoms with Crippen LogP contribution in [0.25, 0.3) is 0 Å². The molecule has 23 heteroatoms. The van der Waals surface area contributed by atoms with E-state index < -0.39 is 147 Å². The Bertz CT molecular complexity index is 2820. The zero-order chi connectivity index (χ0) is 55.7. The van der Waals surface area contributed by atoms with E-state index in [1.807, 2.05) is 0 Å². The molecule has 0 spiro atoms. The van der Waals surface area contributed by atoms with Crippen molar-refractivity contribution < 1.29 is 95.1 Å². The molecule has 12 atom stereocenters. The Labute approximate surface area is 467 Å². The number of halogens is 3. The summed E-state index contributed by atoms with van der Waals surface area (Å²) in [4.78, 5) is 94.2. The van der Waals surface area contributed by atoms with Gasteiger partial charge in [0.25, 0.3) is 0 Å².